The molecule has 0 saturated heterocycles. The fourth-order valence-electron chi connectivity index (χ4n) is 2.83. The predicted octanol–water partition coefficient (Wildman–Crippen LogP) is 3.43. The Morgan fingerprint density at radius 2 is 1.79 bits per heavy atom. The molecule has 3 aromatic rings. The van der Waals surface area contributed by atoms with Crippen molar-refractivity contribution < 1.29 is 14.3 Å². The molecule has 1 heterocycles. The average Bonchev–Trinajstić information content (AvgIpc) is 2.91. The Morgan fingerprint density at radius 1 is 1.10 bits per heavy atom. The summed E-state index contributed by atoms with van der Waals surface area (Å²) in [6.45, 7) is 3.19. The number of para-hydroxylation sites is 1. The van der Waals surface area contributed by atoms with E-state index in [1.165, 1.54) is 11.6 Å². The Hall–Kier alpha value is -3.13. The number of amides is 1. The van der Waals surface area contributed by atoms with Gasteiger partial charge in [0.1, 0.15) is 5.69 Å². The molecule has 0 fully saturated rings. The predicted molar refractivity (Wildman–Crippen MR) is 113 cm³/mol. The van der Waals surface area contributed by atoms with E-state index in [1.54, 1.807) is 55.1 Å². The van der Waals surface area contributed by atoms with Crippen LogP contribution in [0.1, 0.15) is 23.0 Å². The topological polar surface area (TPSA) is 82.3 Å². The van der Waals surface area contributed by atoms with Crippen LogP contribution in [0.4, 0.5) is 5.69 Å². The van der Waals surface area contributed by atoms with Crippen LogP contribution in [0.3, 0.4) is 0 Å². The molecule has 8 heteroatoms. The SMILES string of the molecule is Cc1c(NC(=O)C(C)OC(=O)c2cccc(Br)c2)c(=O)n(-c2ccccc2)n1C. The highest BCUT2D eigenvalue weighted by Gasteiger charge is 2.23. The van der Waals surface area contributed by atoms with Gasteiger partial charge in [-0.3, -0.25) is 14.3 Å². The number of hydrogen-bond acceptors (Lipinski definition) is 4. The molecule has 1 N–H and O–H groups in total. The summed E-state index contributed by atoms with van der Waals surface area (Å²) in [6, 6.07) is 15.8. The summed E-state index contributed by atoms with van der Waals surface area (Å²) in [5, 5.41) is 2.60. The van der Waals surface area contributed by atoms with Gasteiger partial charge in [0.25, 0.3) is 11.5 Å². The second kappa shape index (κ2) is 8.48. The van der Waals surface area contributed by atoms with Crippen molar-refractivity contribution >= 4 is 33.5 Å². The Labute approximate surface area is 176 Å². The zero-order chi connectivity index (χ0) is 21.1. The summed E-state index contributed by atoms with van der Waals surface area (Å²) in [6.07, 6.45) is -1.08. The lowest BCUT2D eigenvalue weighted by Gasteiger charge is -2.13. The molecule has 0 radical (unpaired) electrons. The summed E-state index contributed by atoms with van der Waals surface area (Å²) in [7, 11) is 1.73. The first-order chi connectivity index (χ1) is 13.8. The first-order valence-corrected chi connectivity index (χ1v) is 9.70. The molecule has 150 valence electrons. The van der Waals surface area contributed by atoms with E-state index < -0.39 is 18.0 Å². The first kappa shape index (κ1) is 20.6. The minimum atomic E-state index is -1.08. The maximum absolute atomic E-state index is 12.9. The van der Waals surface area contributed by atoms with Crippen LogP contribution < -0.4 is 10.9 Å². The standard InChI is InChI=1S/C21H20BrN3O4/c1-13-18(20(27)25(24(13)3)17-10-5-4-6-11-17)23-19(26)14(2)29-21(28)15-8-7-9-16(22)12-15/h4-12,14H,1-3H3,(H,23,26). The molecular weight excluding hydrogens is 438 g/mol. The largest absolute Gasteiger partial charge is 0.449 e. The van der Waals surface area contributed by atoms with Crippen LogP contribution in [-0.4, -0.2) is 27.3 Å². The second-order valence-corrected chi connectivity index (χ2v) is 7.40. The van der Waals surface area contributed by atoms with Gasteiger partial charge in [-0.05, 0) is 44.2 Å². The molecule has 2 aromatic carbocycles. The van der Waals surface area contributed by atoms with Gasteiger partial charge < -0.3 is 10.1 Å². The van der Waals surface area contributed by atoms with E-state index in [0.29, 0.717) is 16.9 Å². The fraction of sp³-hybridized carbons (Fsp3) is 0.190. The Kier molecular flexibility index (Phi) is 6.03. The lowest BCUT2D eigenvalue weighted by molar-refractivity contribution is -0.123. The number of esters is 1. The van der Waals surface area contributed by atoms with Crippen molar-refractivity contribution in [2.75, 3.05) is 5.32 Å². The van der Waals surface area contributed by atoms with Crippen LogP contribution in [0.25, 0.3) is 5.69 Å². The van der Waals surface area contributed by atoms with Crippen molar-refractivity contribution in [1.29, 1.82) is 0 Å². The third kappa shape index (κ3) is 4.32. The summed E-state index contributed by atoms with van der Waals surface area (Å²) in [4.78, 5) is 37.7. The molecule has 0 aliphatic rings. The van der Waals surface area contributed by atoms with Gasteiger partial charge in [0.15, 0.2) is 6.10 Å². The lowest BCUT2D eigenvalue weighted by atomic mass is 10.2. The van der Waals surface area contributed by atoms with Crippen molar-refractivity contribution in [3.05, 3.63) is 80.7 Å². The number of hydrogen-bond donors (Lipinski definition) is 1. The molecule has 0 spiro atoms. The average molecular weight is 458 g/mol. The molecule has 1 amide bonds. The van der Waals surface area contributed by atoms with Gasteiger partial charge in [0.2, 0.25) is 0 Å². The van der Waals surface area contributed by atoms with Crippen LogP contribution in [0.5, 0.6) is 0 Å². The van der Waals surface area contributed by atoms with Gasteiger partial charge >= 0.3 is 5.97 Å². The third-order valence-corrected chi connectivity index (χ3v) is 5.01. The number of ether oxygens (including phenoxy) is 1. The molecule has 0 saturated carbocycles. The highest BCUT2D eigenvalue weighted by Crippen LogP contribution is 2.16. The molecule has 7 nitrogen and oxygen atoms in total. The summed E-state index contributed by atoms with van der Waals surface area (Å²) < 4.78 is 9.09. The molecule has 29 heavy (non-hydrogen) atoms. The highest BCUT2D eigenvalue weighted by molar-refractivity contribution is 9.10. The van der Waals surface area contributed by atoms with Gasteiger partial charge in [-0.25, -0.2) is 9.48 Å². The number of carbonyl (C=O) groups excluding carboxylic acids is 2. The number of benzene rings is 2. The summed E-state index contributed by atoms with van der Waals surface area (Å²) >= 11 is 3.29. The first-order valence-electron chi connectivity index (χ1n) is 8.91. The van der Waals surface area contributed by atoms with Crippen LogP contribution in [0, 0.1) is 6.92 Å². The van der Waals surface area contributed by atoms with Crippen LogP contribution in [0.15, 0.2) is 63.9 Å². The van der Waals surface area contributed by atoms with Crippen molar-refractivity contribution in [2.24, 2.45) is 7.05 Å². The highest BCUT2D eigenvalue weighted by atomic mass is 79.9. The quantitative estimate of drug-likeness (QED) is 0.594. The number of carbonyl (C=O) groups is 2. The van der Waals surface area contributed by atoms with E-state index in [9.17, 15) is 14.4 Å². The number of anilines is 1. The van der Waals surface area contributed by atoms with Crippen molar-refractivity contribution in [1.82, 2.24) is 9.36 Å². The zero-order valence-electron chi connectivity index (χ0n) is 16.2. The fourth-order valence-corrected chi connectivity index (χ4v) is 3.23. The van der Waals surface area contributed by atoms with Crippen LogP contribution in [0.2, 0.25) is 0 Å². The van der Waals surface area contributed by atoms with Gasteiger partial charge in [0.05, 0.1) is 16.9 Å². The smallest absolute Gasteiger partial charge is 0.338 e. The summed E-state index contributed by atoms with van der Waals surface area (Å²) in [5.41, 5.74) is 1.36. The van der Waals surface area contributed by atoms with E-state index in [2.05, 4.69) is 21.2 Å². The van der Waals surface area contributed by atoms with Crippen LogP contribution >= 0.6 is 15.9 Å². The van der Waals surface area contributed by atoms with Gasteiger partial charge in [-0.1, -0.05) is 40.2 Å². The molecule has 0 aliphatic heterocycles. The third-order valence-electron chi connectivity index (χ3n) is 4.52. The number of aromatic nitrogens is 2. The molecular formula is C21H20BrN3O4. The second-order valence-electron chi connectivity index (χ2n) is 6.48. The van der Waals surface area contributed by atoms with E-state index in [1.807, 2.05) is 18.2 Å². The minimum absolute atomic E-state index is 0.145. The molecule has 1 aromatic heterocycles. The Morgan fingerprint density at radius 3 is 2.45 bits per heavy atom. The normalized spacial score (nSPS) is 11.7. The Balaban J connectivity index is 1.79. The van der Waals surface area contributed by atoms with E-state index in [0.717, 1.165) is 4.47 Å². The Bertz CT molecular complexity index is 1120. The number of halogens is 1. The van der Waals surface area contributed by atoms with E-state index in [-0.39, 0.29) is 11.2 Å². The number of nitrogens with one attached hydrogen (secondary N) is 1. The maximum atomic E-state index is 12.9. The number of nitrogens with zero attached hydrogens (tertiary/aromatic N) is 2. The lowest BCUT2D eigenvalue weighted by Crippen LogP contribution is -2.32. The summed E-state index contributed by atoms with van der Waals surface area (Å²) in [5.74, 6) is -1.21. The van der Waals surface area contributed by atoms with Crippen molar-refractivity contribution in [3.8, 4) is 5.69 Å². The minimum Gasteiger partial charge on any atom is -0.449 e. The molecule has 3 rings (SSSR count). The maximum Gasteiger partial charge on any atom is 0.338 e. The van der Waals surface area contributed by atoms with Gasteiger partial charge in [-0.15, -0.1) is 0 Å². The molecule has 0 bridgehead atoms. The van der Waals surface area contributed by atoms with E-state index in [4.69, 9.17) is 4.74 Å². The monoisotopic (exact) mass is 457 g/mol. The van der Waals surface area contributed by atoms with E-state index >= 15 is 0 Å². The van der Waals surface area contributed by atoms with Crippen LogP contribution in [-0.2, 0) is 16.6 Å². The molecule has 1 unspecified atom stereocenters. The van der Waals surface area contributed by atoms with Crippen molar-refractivity contribution in [3.63, 3.8) is 0 Å². The van der Waals surface area contributed by atoms with Crippen molar-refractivity contribution in [2.45, 2.75) is 20.0 Å². The molecule has 0 aliphatic carbocycles. The van der Waals surface area contributed by atoms with Gasteiger partial charge in [-0.2, -0.15) is 0 Å². The molecule has 1 atom stereocenters. The number of rotatable bonds is 5. The van der Waals surface area contributed by atoms with Gasteiger partial charge in [0, 0.05) is 11.5 Å². The zero-order valence-corrected chi connectivity index (χ0v) is 17.8.